The van der Waals surface area contributed by atoms with Gasteiger partial charge in [-0.15, -0.1) is 0 Å². The summed E-state index contributed by atoms with van der Waals surface area (Å²) in [6.45, 7) is 2.34. The smallest absolute Gasteiger partial charge is 0.332 e. The second-order valence-electron chi connectivity index (χ2n) is 3.94. The number of ketones is 1. The van der Waals surface area contributed by atoms with Gasteiger partial charge in [-0.3, -0.25) is 9.59 Å². The Morgan fingerprint density at radius 3 is 2.53 bits per heavy atom. The fraction of sp³-hybridized carbons (Fsp3) is 0.308. The topological polar surface area (TPSA) is 92.7 Å². The highest BCUT2D eigenvalue weighted by atomic mass is 16.5. The van der Waals surface area contributed by atoms with Crippen molar-refractivity contribution in [3.63, 3.8) is 0 Å². The van der Waals surface area contributed by atoms with E-state index >= 15 is 0 Å². The number of nitrogens with one attached hydrogen (secondary N) is 1. The molecular weight excluding hydrogens is 250 g/mol. The van der Waals surface area contributed by atoms with E-state index in [0.717, 1.165) is 0 Å². The molecule has 0 saturated heterocycles. The SMILES string of the molecule is CC(=O)c1ccccc1NC(=O)CO[C@H](C)C(=O)O. The average Bonchev–Trinajstić information content (AvgIpc) is 2.36. The van der Waals surface area contributed by atoms with E-state index in [1.165, 1.54) is 13.8 Å². The molecule has 0 aliphatic heterocycles. The Morgan fingerprint density at radius 1 is 1.32 bits per heavy atom. The van der Waals surface area contributed by atoms with Crippen LogP contribution < -0.4 is 5.32 Å². The summed E-state index contributed by atoms with van der Waals surface area (Å²) in [5, 5.41) is 11.1. The van der Waals surface area contributed by atoms with Crippen LogP contribution in [0.15, 0.2) is 24.3 Å². The second-order valence-corrected chi connectivity index (χ2v) is 3.94. The molecule has 1 aromatic carbocycles. The molecule has 1 rings (SSSR count). The fourth-order valence-corrected chi connectivity index (χ4v) is 1.36. The molecular formula is C13H15NO5. The highest BCUT2D eigenvalue weighted by Gasteiger charge is 2.14. The van der Waals surface area contributed by atoms with Crippen LogP contribution >= 0.6 is 0 Å². The molecule has 6 nitrogen and oxygen atoms in total. The summed E-state index contributed by atoms with van der Waals surface area (Å²) in [7, 11) is 0. The number of anilines is 1. The number of carbonyl (C=O) groups is 3. The van der Waals surface area contributed by atoms with Gasteiger partial charge in [-0.1, -0.05) is 12.1 Å². The van der Waals surface area contributed by atoms with Crippen LogP contribution in [-0.2, 0) is 14.3 Å². The van der Waals surface area contributed by atoms with Gasteiger partial charge >= 0.3 is 5.97 Å². The third-order valence-corrected chi connectivity index (χ3v) is 2.39. The van der Waals surface area contributed by atoms with Gasteiger partial charge in [-0.25, -0.2) is 4.79 Å². The molecule has 2 N–H and O–H groups in total. The molecule has 0 unspecified atom stereocenters. The standard InChI is InChI=1S/C13H15NO5/c1-8(15)10-5-3-4-6-11(10)14-12(16)7-19-9(2)13(17)18/h3-6,9H,7H2,1-2H3,(H,14,16)(H,17,18)/t9-/m1/s1. The van der Waals surface area contributed by atoms with Gasteiger partial charge in [0.05, 0.1) is 5.69 Å². The molecule has 0 aliphatic carbocycles. The Balaban J connectivity index is 2.63. The number of Topliss-reactive ketones (excluding diaryl/α,β-unsaturated/α-hetero) is 1. The highest BCUT2D eigenvalue weighted by molar-refractivity contribution is 6.03. The molecule has 0 aliphatic rings. The maximum atomic E-state index is 11.6. The highest BCUT2D eigenvalue weighted by Crippen LogP contribution is 2.15. The van der Waals surface area contributed by atoms with Crippen molar-refractivity contribution >= 4 is 23.3 Å². The Labute approximate surface area is 110 Å². The lowest BCUT2D eigenvalue weighted by Crippen LogP contribution is -2.26. The van der Waals surface area contributed by atoms with Crippen LogP contribution in [0.2, 0.25) is 0 Å². The van der Waals surface area contributed by atoms with E-state index in [-0.39, 0.29) is 12.4 Å². The minimum absolute atomic E-state index is 0.171. The normalized spacial score (nSPS) is 11.7. The summed E-state index contributed by atoms with van der Waals surface area (Å²) < 4.78 is 4.84. The number of hydrogen-bond donors (Lipinski definition) is 2. The zero-order valence-corrected chi connectivity index (χ0v) is 10.7. The van der Waals surface area contributed by atoms with Crippen LogP contribution in [0.5, 0.6) is 0 Å². The van der Waals surface area contributed by atoms with Crippen molar-refractivity contribution in [1.82, 2.24) is 0 Å². The van der Waals surface area contributed by atoms with Crippen molar-refractivity contribution in [2.24, 2.45) is 0 Å². The van der Waals surface area contributed by atoms with Crippen molar-refractivity contribution in [3.8, 4) is 0 Å². The minimum atomic E-state index is -1.14. The van der Waals surface area contributed by atoms with Crippen LogP contribution in [0, 0.1) is 0 Å². The second kappa shape index (κ2) is 6.65. The predicted octanol–water partition coefficient (Wildman–Crippen LogP) is 1.32. The van der Waals surface area contributed by atoms with Gasteiger partial charge in [0.15, 0.2) is 11.9 Å². The van der Waals surface area contributed by atoms with Gasteiger partial charge in [0.2, 0.25) is 5.91 Å². The number of benzene rings is 1. The molecule has 102 valence electrons. The van der Waals surface area contributed by atoms with Gasteiger partial charge in [-0.05, 0) is 26.0 Å². The van der Waals surface area contributed by atoms with Crippen LogP contribution in [0.25, 0.3) is 0 Å². The Morgan fingerprint density at radius 2 is 1.95 bits per heavy atom. The monoisotopic (exact) mass is 265 g/mol. The number of ether oxygens (including phenoxy) is 1. The fourth-order valence-electron chi connectivity index (χ4n) is 1.36. The molecule has 0 aromatic heterocycles. The van der Waals surface area contributed by atoms with Crippen molar-refractivity contribution in [2.75, 3.05) is 11.9 Å². The van der Waals surface area contributed by atoms with Crippen LogP contribution in [0.4, 0.5) is 5.69 Å². The molecule has 0 saturated carbocycles. The van der Waals surface area contributed by atoms with E-state index < -0.39 is 18.0 Å². The van der Waals surface area contributed by atoms with E-state index in [1.54, 1.807) is 24.3 Å². The number of carboxylic acids is 1. The van der Waals surface area contributed by atoms with E-state index in [0.29, 0.717) is 11.3 Å². The zero-order chi connectivity index (χ0) is 14.4. The maximum absolute atomic E-state index is 11.6. The van der Waals surface area contributed by atoms with Gasteiger partial charge in [-0.2, -0.15) is 0 Å². The summed E-state index contributed by atoms with van der Waals surface area (Å²) in [6, 6.07) is 6.56. The number of carbonyl (C=O) groups excluding carboxylic acids is 2. The number of rotatable bonds is 6. The quantitative estimate of drug-likeness (QED) is 0.757. The number of aliphatic carboxylic acids is 1. The molecule has 0 heterocycles. The number of amides is 1. The molecule has 0 bridgehead atoms. The maximum Gasteiger partial charge on any atom is 0.332 e. The molecule has 6 heteroatoms. The third-order valence-electron chi connectivity index (χ3n) is 2.39. The van der Waals surface area contributed by atoms with E-state index in [1.807, 2.05) is 0 Å². The van der Waals surface area contributed by atoms with Gasteiger partial charge in [0.25, 0.3) is 0 Å². The van der Waals surface area contributed by atoms with Gasteiger partial charge in [0.1, 0.15) is 6.61 Å². The third kappa shape index (κ3) is 4.51. The van der Waals surface area contributed by atoms with E-state index in [4.69, 9.17) is 9.84 Å². The number of carboxylic acid groups (broad SMARTS) is 1. The van der Waals surface area contributed by atoms with Crippen molar-refractivity contribution in [1.29, 1.82) is 0 Å². The summed E-state index contributed by atoms with van der Waals surface area (Å²) in [4.78, 5) is 33.4. The van der Waals surface area contributed by atoms with E-state index in [2.05, 4.69) is 5.32 Å². The zero-order valence-electron chi connectivity index (χ0n) is 10.7. The predicted molar refractivity (Wildman–Crippen MR) is 68.1 cm³/mol. The van der Waals surface area contributed by atoms with Crippen molar-refractivity contribution < 1.29 is 24.2 Å². The van der Waals surface area contributed by atoms with Gasteiger partial charge < -0.3 is 15.2 Å². The summed E-state index contributed by atoms with van der Waals surface area (Å²) in [5.74, 6) is -1.82. The molecule has 0 spiro atoms. The molecule has 1 amide bonds. The average molecular weight is 265 g/mol. The minimum Gasteiger partial charge on any atom is -0.479 e. The lowest BCUT2D eigenvalue weighted by atomic mass is 10.1. The first-order valence-electron chi connectivity index (χ1n) is 5.66. The molecule has 19 heavy (non-hydrogen) atoms. The summed E-state index contributed by atoms with van der Waals surface area (Å²) >= 11 is 0. The lowest BCUT2D eigenvalue weighted by molar-refractivity contribution is -0.150. The molecule has 1 atom stereocenters. The number of para-hydroxylation sites is 1. The Hall–Kier alpha value is -2.21. The first-order chi connectivity index (χ1) is 8.91. The largest absolute Gasteiger partial charge is 0.479 e. The summed E-state index contributed by atoms with van der Waals surface area (Å²) in [6.07, 6.45) is -1.06. The molecule has 0 radical (unpaired) electrons. The van der Waals surface area contributed by atoms with Gasteiger partial charge in [0, 0.05) is 5.56 Å². The molecule has 1 aromatic rings. The lowest BCUT2D eigenvalue weighted by Gasteiger charge is -2.11. The van der Waals surface area contributed by atoms with Crippen LogP contribution in [0.3, 0.4) is 0 Å². The first-order valence-corrected chi connectivity index (χ1v) is 5.66. The van der Waals surface area contributed by atoms with E-state index in [9.17, 15) is 14.4 Å². The van der Waals surface area contributed by atoms with Crippen molar-refractivity contribution in [3.05, 3.63) is 29.8 Å². The van der Waals surface area contributed by atoms with Crippen LogP contribution in [-0.4, -0.2) is 35.5 Å². The van der Waals surface area contributed by atoms with Crippen molar-refractivity contribution in [2.45, 2.75) is 20.0 Å². The number of hydrogen-bond acceptors (Lipinski definition) is 4. The van der Waals surface area contributed by atoms with Crippen LogP contribution in [0.1, 0.15) is 24.2 Å². The first kappa shape index (κ1) is 14.8. The summed E-state index contributed by atoms with van der Waals surface area (Å²) in [5.41, 5.74) is 0.772. The molecule has 0 fully saturated rings. The Bertz CT molecular complexity index is 498. The Kier molecular flexibility index (Phi) is 5.20.